The predicted molar refractivity (Wildman–Crippen MR) is 71.2 cm³/mol. The molecule has 1 saturated heterocycles. The van der Waals surface area contributed by atoms with E-state index in [9.17, 15) is 13.2 Å². The van der Waals surface area contributed by atoms with E-state index in [-0.39, 0.29) is 24.3 Å². The first-order valence-corrected chi connectivity index (χ1v) is 7.94. The van der Waals surface area contributed by atoms with Crippen molar-refractivity contribution in [2.45, 2.75) is 33.3 Å². The second-order valence-electron chi connectivity index (χ2n) is 5.87. The van der Waals surface area contributed by atoms with Crippen LogP contribution >= 0.6 is 0 Å². The Bertz CT molecular complexity index is 412. The van der Waals surface area contributed by atoms with Gasteiger partial charge >= 0.3 is 5.97 Å². The van der Waals surface area contributed by atoms with E-state index in [0.29, 0.717) is 13.0 Å². The molecule has 0 N–H and O–H groups in total. The highest BCUT2D eigenvalue weighted by atomic mass is 32.2. The van der Waals surface area contributed by atoms with Crippen molar-refractivity contribution in [1.29, 1.82) is 0 Å². The van der Waals surface area contributed by atoms with Gasteiger partial charge in [-0.05, 0) is 11.8 Å². The monoisotopic (exact) mass is 293 g/mol. The van der Waals surface area contributed by atoms with Crippen molar-refractivity contribution in [1.82, 2.24) is 4.31 Å². The van der Waals surface area contributed by atoms with Crippen LogP contribution in [0.25, 0.3) is 0 Å². The molecule has 0 radical (unpaired) electrons. The van der Waals surface area contributed by atoms with Crippen molar-refractivity contribution >= 4 is 16.0 Å². The maximum absolute atomic E-state index is 12.2. The highest BCUT2D eigenvalue weighted by Crippen LogP contribution is 2.21. The van der Waals surface area contributed by atoms with E-state index in [2.05, 4.69) is 4.74 Å². The summed E-state index contributed by atoms with van der Waals surface area (Å²) in [5, 5.41) is 0. The van der Waals surface area contributed by atoms with Crippen LogP contribution < -0.4 is 0 Å². The number of ether oxygens (including phenoxy) is 2. The Morgan fingerprint density at radius 1 is 1.42 bits per heavy atom. The Hall–Kier alpha value is -0.660. The largest absolute Gasteiger partial charge is 0.467 e. The van der Waals surface area contributed by atoms with Gasteiger partial charge in [-0.1, -0.05) is 20.8 Å². The van der Waals surface area contributed by atoms with Gasteiger partial charge in [0.2, 0.25) is 10.0 Å². The molecule has 1 rings (SSSR count). The molecule has 0 saturated carbocycles. The molecule has 0 spiro atoms. The number of carbonyl (C=O) groups is 1. The van der Waals surface area contributed by atoms with Crippen LogP contribution in [0.15, 0.2) is 0 Å². The van der Waals surface area contributed by atoms with Crippen LogP contribution in [0.3, 0.4) is 0 Å². The molecule has 7 heteroatoms. The molecule has 1 heterocycles. The lowest BCUT2D eigenvalue weighted by Gasteiger charge is -2.31. The van der Waals surface area contributed by atoms with Crippen molar-refractivity contribution < 1.29 is 22.7 Å². The lowest BCUT2D eigenvalue weighted by atomic mass is 9.94. The lowest BCUT2D eigenvalue weighted by Crippen LogP contribution is -2.49. The van der Waals surface area contributed by atoms with Gasteiger partial charge in [-0.15, -0.1) is 0 Å². The van der Waals surface area contributed by atoms with E-state index in [1.54, 1.807) is 0 Å². The summed E-state index contributed by atoms with van der Waals surface area (Å²) in [6.45, 7) is 6.55. The maximum atomic E-state index is 12.2. The molecule has 0 amide bonds. The molecule has 1 fully saturated rings. The Labute approximate surface area is 115 Å². The Morgan fingerprint density at radius 3 is 2.58 bits per heavy atom. The summed E-state index contributed by atoms with van der Waals surface area (Å²) in [6.07, 6.45) is -0.238. The second-order valence-corrected chi connectivity index (χ2v) is 7.96. The molecule has 1 atom stereocenters. The fourth-order valence-corrected chi connectivity index (χ4v) is 3.56. The third-order valence-electron chi connectivity index (χ3n) is 3.00. The van der Waals surface area contributed by atoms with Crippen LogP contribution in [0.5, 0.6) is 0 Å². The summed E-state index contributed by atoms with van der Waals surface area (Å²) < 4.78 is 35.5. The van der Waals surface area contributed by atoms with Crippen molar-refractivity contribution in [3.63, 3.8) is 0 Å². The van der Waals surface area contributed by atoms with Gasteiger partial charge in [-0.2, -0.15) is 4.31 Å². The smallest absolute Gasteiger partial charge is 0.336 e. The zero-order chi connectivity index (χ0) is 14.7. The molecular formula is C12H23NO5S. The number of rotatable bonds is 4. The topological polar surface area (TPSA) is 72.9 Å². The Kier molecular flexibility index (Phi) is 5.34. The first-order chi connectivity index (χ1) is 8.65. The van der Waals surface area contributed by atoms with E-state index in [1.165, 1.54) is 11.4 Å². The van der Waals surface area contributed by atoms with E-state index in [4.69, 9.17) is 4.74 Å². The molecular weight excluding hydrogens is 270 g/mol. The van der Waals surface area contributed by atoms with E-state index >= 15 is 0 Å². The van der Waals surface area contributed by atoms with Crippen LogP contribution in [0, 0.1) is 5.41 Å². The number of methoxy groups -OCH3 is 1. The van der Waals surface area contributed by atoms with Crippen LogP contribution in [-0.4, -0.2) is 57.4 Å². The molecule has 6 nitrogen and oxygen atoms in total. The summed E-state index contributed by atoms with van der Waals surface area (Å²) in [4.78, 5) is 11.4. The number of hydrogen-bond acceptors (Lipinski definition) is 5. The van der Waals surface area contributed by atoms with Crippen LogP contribution in [-0.2, 0) is 24.3 Å². The number of esters is 1. The van der Waals surface area contributed by atoms with E-state index in [0.717, 1.165) is 0 Å². The number of hydrogen-bond donors (Lipinski definition) is 0. The van der Waals surface area contributed by atoms with Crippen molar-refractivity contribution in [2.24, 2.45) is 5.41 Å². The lowest BCUT2D eigenvalue weighted by molar-refractivity contribution is -0.157. The second kappa shape index (κ2) is 6.19. The van der Waals surface area contributed by atoms with Gasteiger partial charge in [-0.25, -0.2) is 13.2 Å². The summed E-state index contributed by atoms with van der Waals surface area (Å²) >= 11 is 0. The normalized spacial score (nSPS) is 22.2. The first kappa shape index (κ1) is 16.4. The minimum Gasteiger partial charge on any atom is -0.467 e. The average Bonchev–Trinajstić information content (AvgIpc) is 2.35. The van der Waals surface area contributed by atoms with Gasteiger partial charge in [0.1, 0.15) is 0 Å². The van der Waals surface area contributed by atoms with Gasteiger partial charge in [-0.3, -0.25) is 0 Å². The van der Waals surface area contributed by atoms with Gasteiger partial charge < -0.3 is 9.47 Å². The quantitative estimate of drug-likeness (QED) is 0.711. The molecule has 0 aromatic heterocycles. The van der Waals surface area contributed by atoms with Crippen LogP contribution in [0.4, 0.5) is 0 Å². The molecule has 1 unspecified atom stereocenters. The maximum Gasteiger partial charge on any atom is 0.336 e. The number of sulfonamides is 1. The average molecular weight is 293 g/mol. The number of carbonyl (C=O) groups excluding carboxylic acids is 1. The molecule has 112 valence electrons. The summed E-state index contributed by atoms with van der Waals surface area (Å²) in [7, 11) is -2.08. The van der Waals surface area contributed by atoms with Gasteiger partial charge in [0.25, 0.3) is 0 Å². The van der Waals surface area contributed by atoms with Crippen molar-refractivity contribution in [2.75, 3.05) is 32.6 Å². The van der Waals surface area contributed by atoms with E-state index in [1.807, 2.05) is 20.8 Å². The highest BCUT2D eigenvalue weighted by Gasteiger charge is 2.34. The zero-order valence-corrected chi connectivity index (χ0v) is 12.8. The van der Waals surface area contributed by atoms with Crippen molar-refractivity contribution in [3.05, 3.63) is 0 Å². The molecule has 1 aliphatic heterocycles. The molecule has 0 bridgehead atoms. The molecule has 0 aromatic carbocycles. The molecule has 0 aromatic rings. The SMILES string of the molecule is COC(=O)C1CN(S(=O)(=O)CCC(C)(C)C)CCO1. The fraction of sp³-hybridized carbons (Fsp3) is 0.917. The third-order valence-corrected chi connectivity index (χ3v) is 4.84. The van der Waals surface area contributed by atoms with Gasteiger partial charge in [0, 0.05) is 6.54 Å². The molecule has 0 aliphatic carbocycles. The fourth-order valence-electron chi connectivity index (χ4n) is 1.72. The third kappa shape index (κ3) is 5.08. The summed E-state index contributed by atoms with van der Waals surface area (Å²) in [5.74, 6) is -0.444. The minimum absolute atomic E-state index is 0.0406. The zero-order valence-electron chi connectivity index (χ0n) is 12.0. The predicted octanol–water partition coefficient (Wildman–Crippen LogP) is 0.626. The first-order valence-electron chi connectivity index (χ1n) is 6.33. The Morgan fingerprint density at radius 2 is 2.05 bits per heavy atom. The number of nitrogens with zero attached hydrogens (tertiary/aromatic N) is 1. The van der Waals surface area contributed by atoms with Crippen LogP contribution in [0.1, 0.15) is 27.2 Å². The summed E-state index contributed by atoms with van der Waals surface area (Å²) in [6, 6.07) is 0. The van der Waals surface area contributed by atoms with E-state index < -0.39 is 22.1 Å². The minimum atomic E-state index is -3.35. The highest BCUT2D eigenvalue weighted by molar-refractivity contribution is 7.89. The van der Waals surface area contributed by atoms with Gasteiger partial charge in [0.15, 0.2) is 6.10 Å². The van der Waals surface area contributed by atoms with Gasteiger partial charge in [0.05, 0.1) is 26.0 Å². The molecule has 19 heavy (non-hydrogen) atoms. The van der Waals surface area contributed by atoms with Crippen LogP contribution in [0.2, 0.25) is 0 Å². The standard InChI is InChI=1S/C12H23NO5S/c1-12(2,3)5-8-19(15,16)13-6-7-18-10(9-13)11(14)17-4/h10H,5-9H2,1-4H3. The summed E-state index contributed by atoms with van der Waals surface area (Å²) in [5.41, 5.74) is -0.0406. The Balaban J connectivity index is 2.65. The number of morpholine rings is 1. The van der Waals surface area contributed by atoms with Crippen molar-refractivity contribution in [3.8, 4) is 0 Å². The molecule has 1 aliphatic rings.